The lowest BCUT2D eigenvalue weighted by molar-refractivity contribution is -0.150. The Kier molecular flexibility index (Phi) is 1.29. The monoisotopic (exact) mass is 142 g/mol. The van der Waals surface area contributed by atoms with Crippen LogP contribution in [0.1, 0.15) is 25.7 Å². The van der Waals surface area contributed by atoms with Crippen molar-refractivity contribution in [3.05, 3.63) is 0 Å². The standard InChI is InChI=1S/C8H14O2/c1-10-7-4-8(5-7)2-6(9)3-8/h6-7,9H,2-5H2,1H3. The molecule has 2 saturated carbocycles. The average molecular weight is 142 g/mol. The Morgan fingerprint density at radius 3 is 2.30 bits per heavy atom. The fourth-order valence-electron chi connectivity index (χ4n) is 2.35. The summed E-state index contributed by atoms with van der Waals surface area (Å²) in [7, 11) is 1.77. The molecule has 0 radical (unpaired) electrons. The third-order valence-corrected chi connectivity index (χ3v) is 2.99. The topological polar surface area (TPSA) is 29.5 Å². The van der Waals surface area contributed by atoms with Crippen LogP contribution in [0.4, 0.5) is 0 Å². The lowest BCUT2D eigenvalue weighted by atomic mass is 9.54. The van der Waals surface area contributed by atoms with Gasteiger partial charge in [-0.05, 0) is 31.1 Å². The van der Waals surface area contributed by atoms with Crippen molar-refractivity contribution in [1.82, 2.24) is 0 Å². The zero-order valence-electron chi connectivity index (χ0n) is 6.34. The molecule has 2 aliphatic carbocycles. The predicted molar refractivity (Wildman–Crippen MR) is 37.7 cm³/mol. The Labute approximate surface area is 61.2 Å². The molecule has 2 fully saturated rings. The normalized spacial score (nSPS) is 52.2. The van der Waals surface area contributed by atoms with Gasteiger partial charge < -0.3 is 9.84 Å². The van der Waals surface area contributed by atoms with E-state index in [2.05, 4.69) is 0 Å². The maximum absolute atomic E-state index is 9.07. The molecule has 0 aromatic rings. The van der Waals surface area contributed by atoms with Crippen LogP contribution in [0.15, 0.2) is 0 Å². The number of rotatable bonds is 1. The van der Waals surface area contributed by atoms with Crippen LogP contribution in [0.25, 0.3) is 0 Å². The van der Waals surface area contributed by atoms with E-state index in [1.807, 2.05) is 0 Å². The van der Waals surface area contributed by atoms with Crippen LogP contribution < -0.4 is 0 Å². The summed E-state index contributed by atoms with van der Waals surface area (Å²) in [6, 6.07) is 0. The van der Waals surface area contributed by atoms with Gasteiger partial charge in [-0.1, -0.05) is 0 Å². The molecule has 0 aromatic heterocycles. The van der Waals surface area contributed by atoms with Gasteiger partial charge in [-0.2, -0.15) is 0 Å². The van der Waals surface area contributed by atoms with E-state index in [4.69, 9.17) is 9.84 Å². The Hall–Kier alpha value is -0.0800. The number of methoxy groups -OCH3 is 1. The van der Waals surface area contributed by atoms with Gasteiger partial charge in [0.2, 0.25) is 0 Å². The third kappa shape index (κ3) is 0.789. The van der Waals surface area contributed by atoms with Gasteiger partial charge in [-0.15, -0.1) is 0 Å². The summed E-state index contributed by atoms with van der Waals surface area (Å²) < 4.78 is 5.17. The smallest absolute Gasteiger partial charge is 0.0582 e. The van der Waals surface area contributed by atoms with E-state index < -0.39 is 0 Å². The Morgan fingerprint density at radius 2 is 1.90 bits per heavy atom. The second-order valence-corrected chi connectivity index (χ2v) is 3.83. The molecule has 1 N–H and O–H groups in total. The number of aliphatic hydroxyl groups excluding tert-OH is 1. The number of ether oxygens (including phenoxy) is 1. The van der Waals surface area contributed by atoms with Crippen molar-refractivity contribution in [2.75, 3.05) is 7.11 Å². The molecule has 0 aliphatic heterocycles. The number of hydrogen-bond donors (Lipinski definition) is 1. The quantitative estimate of drug-likeness (QED) is 0.590. The molecule has 0 heterocycles. The van der Waals surface area contributed by atoms with Gasteiger partial charge in [0.15, 0.2) is 0 Å². The van der Waals surface area contributed by atoms with Gasteiger partial charge in [0.25, 0.3) is 0 Å². The lowest BCUT2D eigenvalue weighted by Crippen LogP contribution is -2.52. The summed E-state index contributed by atoms with van der Waals surface area (Å²) in [4.78, 5) is 0. The van der Waals surface area contributed by atoms with E-state index >= 15 is 0 Å². The maximum atomic E-state index is 9.07. The van der Waals surface area contributed by atoms with Crippen molar-refractivity contribution in [1.29, 1.82) is 0 Å². The van der Waals surface area contributed by atoms with E-state index in [9.17, 15) is 0 Å². The number of hydrogen-bond acceptors (Lipinski definition) is 2. The summed E-state index contributed by atoms with van der Waals surface area (Å²) in [6.07, 6.45) is 4.89. The summed E-state index contributed by atoms with van der Waals surface area (Å²) in [5, 5.41) is 9.07. The average Bonchev–Trinajstić information content (AvgIpc) is 1.74. The molecular formula is C8H14O2. The lowest BCUT2D eigenvalue weighted by Gasteiger charge is -2.55. The van der Waals surface area contributed by atoms with E-state index in [1.54, 1.807) is 7.11 Å². The highest BCUT2D eigenvalue weighted by Crippen LogP contribution is 2.56. The van der Waals surface area contributed by atoms with Crippen LogP contribution in [-0.2, 0) is 4.74 Å². The summed E-state index contributed by atoms with van der Waals surface area (Å²) in [5.41, 5.74) is 0.514. The molecule has 2 rings (SSSR count). The zero-order chi connectivity index (χ0) is 7.19. The first-order chi connectivity index (χ1) is 4.74. The molecule has 2 aliphatic rings. The van der Waals surface area contributed by atoms with Crippen molar-refractivity contribution < 1.29 is 9.84 Å². The summed E-state index contributed by atoms with van der Waals surface area (Å²) in [5.74, 6) is 0. The van der Waals surface area contributed by atoms with Gasteiger partial charge in [-0.3, -0.25) is 0 Å². The molecule has 58 valence electrons. The van der Waals surface area contributed by atoms with E-state index in [1.165, 1.54) is 12.8 Å². The van der Waals surface area contributed by atoms with E-state index in [-0.39, 0.29) is 6.10 Å². The SMILES string of the molecule is COC1CC2(CC(O)C2)C1. The van der Waals surface area contributed by atoms with Crippen molar-refractivity contribution in [3.8, 4) is 0 Å². The number of aliphatic hydroxyl groups is 1. The maximum Gasteiger partial charge on any atom is 0.0582 e. The Bertz CT molecular complexity index is 130. The highest BCUT2D eigenvalue weighted by molar-refractivity contribution is 5.03. The molecule has 10 heavy (non-hydrogen) atoms. The Morgan fingerprint density at radius 1 is 1.30 bits per heavy atom. The predicted octanol–water partition coefficient (Wildman–Crippen LogP) is 0.936. The van der Waals surface area contributed by atoms with Crippen LogP contribution in [0.3, 0.4) is 0 Å². The van der Waals surface area contributed by atoms with Crippen LogP contribution in [-0.4, -0.2) is 24.4 Å². The molecule has 0 saturated heterocycles. The van der Waals surface area contributed by atoms with Crippen LogP contribution in [0, 0.1) is 5.41 Å². The molecular weight excluding hydrogens is 128 g/mol. The second-order valence-electron chi connectivity index (χ2n) is 3.83. The minimum Gasteiger partial charge on any atom is -0.393 e. The van der Waals surface area contributed by atoms with Gasteiger partial charge in [0, 0.05) is 7.11 Å². The van der Waals surface area contributed by atoms with Crippen LogP contribution in [0.2, 0.25) is 0 Å². The molecule has 0 unspecified atom stereocenters. The zero-order valence-corrected chi connectivity index (χ0v) is 6.34. The van der Waals surface area contributed by atoms with Gasteiger partial charge >= 0.3 is 0 Å². The van der Waals surface area contributed by atoms with Crippen LogP contribution in [0.5, 0.6) is 0 Å². The molecule has 0 bridgehead atoms. The van der Waals surface area contributed by atoms with E-state index in [0.717, 1.165) is 12.8 Å². The van der Waals surface area contributed by atoms with Gasteiger partial charge in [0.1, 0.15) is 0 Å². The van der Waals surface area contributed by atoms with Crippen LogP contribution >= 0.6 is 0 Å². The van der Waals surface area contributed by atoms with Gasteiger partial charge in [0.05, 0.1) is 12.2 Å². The summed E-state index contributed by atoms with van der Waals surface area (Å²) >= 11 is 0. The van der Waals surface area contributed by atoms with Crippen molar-refractivity contribution >= 4 is 0 Å². The minimum atomic E-state index is -0.00203. The third-order valence-electron chi connectivity index (χ3n) is 2.99. The fraction of sp³-hybridized carbons (Fsp3) is 1.00. The van der Waals surface area contributed by atoms with Crippen molar-refractivity contribution in [3.63, 3.8) is 0 Å². The first-order valence-electron chi connectivity index (χ1n) is 3.95. The second kappa shape index (κ2) is 1.95. The molecule has 0 atom stereocenters. The van der Waals surface area contributed by atoms with Crippen molar-refractivity contribution in [2.45, 2.75) is 37.9 Å². The Balaban J connectivity index is 1.80. The highest BCUT2D eigenvalue weighted by Gasteiger charge is 2.52. The summed E-state index contributed by atoms with van der Waals surface area (Å²) in [6.45, 7) is 0. The largest absolute Gasteiger partial charge is 0.393 e. The van der Waals surface area contributed by atoms with Gasteiger partial charge in [-0.25, -0.2) is 0 Å². The first-order valence-corrected chi connectivity index (χ1v) is 3.95. The molecule has 0 amide bonds. The first kappa shape index (κ1) is 6.62. The van der Waals surface area contributed by atoms with Crippen molar-refractivity contribution in [2.24, 2.45) is 5.41 Å². The molecule has 0 aromatic carbocycles. The molecule has 1 spiro atoms. The minimum absolute atomic E-state index is 0.00203. The molecule has 2 nitrogen and oxygen atoms in total. The highest BCUT2D eigenvalue weighted by atomic mass is 16.5. The fourth-order valence-corrected chi connectivity index (χ4v) is 2.35. The molecule has 2 heteroatoms. The van der Waals surface area contributed by atoms with E-state index in [0.29, 0.717) is 11.5 Å².